The summed E-state index contributed by atoms with van der Waals surface area (Å²) in [5, 5.41) is 5.41. The van der Waals surface area contributed by atoms with Crippen molar-refractivity contribution in [1.82, 2.24) is 10.6 Å². The van der Waals surface area contributed by atoms with Crippen molar-refractivity contribution < 1.29 is 14.3 Å². The van der Waals surface area contributed by atoms with E-state index in [-0.39, 0.29) is 12.1 Å². The average molecular weight is 270 g/mol. The molecule has 0 aliphatic heterocycles. The highest BCUT2D eigenvalue weighted by Crippen LogP contribution is 2.17. The van der Waals surface area contributed by atoms with Gasteiger partial charge in [-0.3, -0.25) is 9.59 Å². The highest BCUT2D eigenvalue weighted by Gasteiger charge is 2.19. The van der Waals surface area contributed by atoms with Crippen LogP contribution in [0.3, 0.4) is 0 Å². The van der Waals surface area contributed by atoms with E-state index in [4.69, 9.17) is 4.74 Å². The van der Waals surface area contributed by atoms with Crippen LogP contribution in [0.2, 0.25) is 0 Å². The number of hydrogen-bond donors (Lipinski definition) is 2. The molecule has 0 atom stereocenters. The molecule has 0 aromatic rings. The lowest BCUT2D eigenvalue weighted by Gasteiger charge is -2.22. The molecule has 1 rings (SSSR count). The Morgan fingerprint density at radius 2 is 1.84 bits per heavy atom. The summed E-state index contributed by atoms with van der Waals surface area (Å²) in [6.07, 6.45) is 6.40. The van der Waals surface area contributed by atoms with Crippen molar-refractivity contribution in [2.75, 3.05) is 13.2 Å². The van der Waals surface area contributed by atoms with Crippen LogP contribution >= 0.6 is 0 Å². The molecule has 0 spiro atoms. The number of carbonyl (C=O) groups excluding carboxylic acids is 2. The Balaban J connectivity index is 2.09. The molecule has 2 N–H and O–H groups in total. The van der Waals surface area contributed by atoms with Gasteiger partial charge in [0, 0.05) is 19.2 Å². The Bertz CT molecular complexity index is 286. The second kappa shape index (κ2) is 8.91. The molecule has 0 saturated heterocycles. The minimum atomic E-state index is -0.532. The van der Waals surface area contributed by atoms with Gasteiger partial charge in [0.05, 0.1) is 6.10 Å². The zero-order valence-corrected chi connectivity index (χ0v) is 12.0. The number of amides is 2. The third-order valence-corrected chi connectivity index (χ3v) is 3.20. The van der Waals surface area contributed by atoms with Gasteiger partial charge in [0.25, 0.3) is 0 Å². The summed E-state index contributed by atoms with van der Waals surface area (Å²) in [6.45, 7) is 5.01. The number of rotatable bonds is 6. The Morgan fingerprint density at radius 1 is 1.16 bits per heavy atom. The molecule has 5 nitrogen and oxygen atoms in total. The quantitative estimate of drug-likeness (QED) is 0.566. The first-order valence-corrected chi connectivity index (χ1v) is 7.30. The maximum absolute atomic E-state index is 11.6. The highest BCUT2D eigenvalue weighted by molar-refractivity contribution is 6.35. The molecular weight excluding hydrogens is 244 g/mol. The summed E-state index contributed by atoms with van der Waals surface area (Å²) in [7, 11) is 0. The van der Waals surface area contributed by atoms with Crippen molar-refractivity contribution >= 4 is 11.8 Å². The van der Waals surface area contributed by atoms with Gasteiger partial charge >= 0.3 is 11.8 Å². The van der Waals surface area contributed by atoms with Gasteiger partial charge < -0.3 is 15.4 Å². The van der Waals surface area contributed by atoms with Crippen molar-refractivity contribution in [1.29, 1.82) is 0 Å². The van der Waals surface area contributed by atoms with Crippen LogP contribution in [0.25, 0.3) is 0 Å². The topological polar surface area (TPSA) is 67.4 Å². The summed E-state index contributed by atoms with van der Waals surface area (Å²) in [4.78, 5) is 23.2. The molecule has 1 aliphatic rings. The van der Waals surface area contributed by atoms with Crippen LogP contribution in [-0.2, 0) is 14.3 Å². The first-order valence-electron chi connectivity index (χ1n) is 7.30. The van der Waals surface area contributed by atoms with Gasteiger partial charge in [0.2, 0.25) is 0 Å². The average Bonchev–Trinajstić information content (AvgIpc) is 2.38. The standard InChI is InChI=1S/C14H26N2O3/c1-11(2)19-10-6-9-15-13(17)14(18)16-12-7-4-3-5-8-12/h11-12H,3-10H2,1-2H3,(H,15,17)(H,16,18). The largest absolute Gasteiger partial charge is 0.379 e. The summed E-state index contributed by atoms with van der Waals surface area (Å²) >= 11 is 0. The summed E-state index contributed by atoms with van der Waals surface area (Å²) in [5.41, 5.74) is 0. The predicted molar refractivity (Wildman–Crippen MR) is 73.7 cm³/mol. The minimum Gasteiger partial charge on any atom is -0.379 e. The molecule has 0 radical (unpaired) electrons. The first-order chi connectivity index (χ1) is 9.09. The highest BCUT2D eigenvalue weighted by atomic mass is 16.5. The van der Waals surface area contributed by atoms with E-state index >= 15 is 0 Å². The second-order valence-electron chi connectivity index (χ2n) is 5.34. The fourth-order valence-electron chi connectivity index (χ4n) is 2.17. The fraction of sp³-hybridized carbons (Fsp3) is 0.857. The van der Waals surface area contributed by atoms with E-state index in [1.165, 1.54) is 6.42 Å². The Morgan fingerprint density at radius 3 is 2.47 bits per heavy atom. The SMILES string of the molecule is CC(C)OCCCNC(=O)C(=O)NC1CCCCC1. The van der Waals surface area contributed by atoms with E-state index in [1.807, 2.05) is 13.8 Å². The lowest BCUT2D eigenvalue weighted by Crippen LogP contribution is -2.45. The van der Waals surface area contributed by atoms with E-state index in [0.29, 0.717) is 13.2 Å². The molecule has 19 heavy (non-hydrogen) atoms. The van der Waals surface area contributed by atoms with Gasteiger partial charge in [-0.15, -0.1) is 0 Å². The van der Waals surface area contributed by atoms with Crippen molar-refractivity contribution in [3.05, 3.63) is 0 Å². The Hall–Kier alpha value is -1.10. The molecular formula is C14H26N2O3. The molecule has 0 aromatic carbocycles. The van der Waals surface area contributed by atoms with E-state index in [2.05, 4.69) is 10.6 Å². The molecule has 1 saturated carbocycles. The Labute approximate surface area is 115 Å². The van der Waals surface area contributed by atoms with Crippen molar-refractivity contribution in [3.63, 3.8) is 0 Å². The van der Waals surface area contributed by atoms with Crippen LogP contribution in [-0.4, -0.2) is 37.1 Å². The molecule has 0 aromatic heterocycles. The van der Waals surface area contributed by atoms with Crippen LogP contribution in [0, 0.1) is 0 Å². The molecule has 1 aliphatic carbocycles. The molecule has 0 bridgehead atoms. The number of ether oxygens (including phenoxy) is 1. The smallest absolute Gasteiger partial charge is 0.309 e. The molecule has 1 fully saturated rings. The Kier molecular flexibility index (Phi) is 7.48. The third kappa shape index (κ3) is 7.15. The zero-order valence-electron chi connectivity index (χ0n) is 12.0. The fourth-order valence-corrected chi connectivity index (χ4v) is 2.17. The number of hydrogen-bond acceptors (Lipinski definition) is 3. The summed E-state index contributed by atoms with van der Waals surface area (Å²) < 4.78 is 5.35. The number of nitrogens with one attached hydrogen (secondary N) is 2. The predicted octanol–water partition coefficient (Wildman–Crippen LogP) is 1.37. The third-order valence-electron chi connectivity index (χ3n) is 3.20. The number of carbonyl (C=O) groups is 2. The second-order valence-corrected chi connectivity index (χ2v) is 5.34. The lowest BCUT2D eigenvalue weighted by atomic mass is 9.95. The molecule has 110 valence electrons. The van der Waals surface area contributed by atoms with Crippen molar-refractivity contribution in [2.45, 2.75) is 64.5 Å². The van der Waals surface area contributed by atoms with E-state index in [9.17, 15) is 9.59 Å². The maximum atomic E-state index is 11.6. The van der Waals surface area contributed by atoms with Crippen LogP contribution in [0.15, 0.2) is 0 Å². The van der Waals surface area contributed by atoms with Gasteiger partial charge in [-0.2, -0.15) is 0 Å². The van der Waals surface area contributed by atoms with Crippen LogP contribution < -0.4 is 10.6 Å². The molecule has 0 heterocycles. The molecule has 2 amide bonds. The van der Waals surface area contributed by atoms with Crippen LogP contribution in [0.1, 0.15) is 52.4 Å². The van der Waals surface area contributed by atoms with Gasteiger partial charge in [-0.05, 0) is 33.1 Å². The van der Waals surface area contributed by atoms with Crippen molar-refractivity contribution in [2.24, 2.45) is 0 Å². The first kappa shape index (κ1) is 16.0. The van der Waals surface area contributed by atoms with E-state index < -0.39 is 11.8 Å². The normalized spacial score (nSPS) is 16.4. The summed E-state index contributed by atoms with van der Waals surface area (Å²) in [5.74, 6) is -1.04. The lowest BCUT2D eigenvalue weighted by molar-refractivity contribution is -0.139. The minimum absolute atomic E-state index is 0.177. The van der Waals surface area contributed by atoms with Crippen LogP contribution in [0.4, 0.5) is 0 Å². The van der Waals surface area contributed by atoms with E-state index in [1.54, 1.807) is 0 Å². The van der Waals surface area contributed by atoms with Gasteiger partial charge in [-0.1, -0.05) is 19.3 Å². The van der Waals surface area contributed by atoms with Crippen molar-refractivity contribution in [3.8, 4) is 0 Å². The van der Waals surface area contributed by atoms with E-state index in [0.717, 1.165) is 32.1 Å². The van der Waals surface area contributed by atoms with Crippen LogP contribution in [0.5, 0.6) is 0 Å². The molecule has 5 heteroatoms. The molecule has 0 unspecified atom stereocenters. The van der Waals surface area contributed by atoms with Gasteiger partial charge in [0.1, 0.15) is 0 Å². The van der Waals surface area contributed by atoms with Gasteiger partial charge in [-0.25, -0.2) is 0 Å². The van der Waals surface area contributed by atoms with Gasteiger partial charge in [0.15, 0.2) is 0 Å². The zero-order chi connectivity index (χ0) is 14.1. The maximum Gasteiger partial charge on any atom is 0.309 e. The monoisotopic (exact) mass is 270 g/mol. The summed E-state index contributed by atoms with van der Waals surface area (Å²) in [6, 6.07) is 0.177.